The Hall–Kier alpha value is -2.24. The predicted molar refractivity (Wildman–Crippen MR) is 72.4 cm³/mol. The molecule has 0 aromatic heterocycles. The van der Waals surface area contributed by atoms with E-state index in [1.807, 2.05) is 6.92 Å². The number of nitrogen functional groups attached to an aromatic ring is 1. The van der Waals surface area contributed by atoms with Gasteiger partial charge in [-0.1, -0.05) is 0 Å². The van der Waals surface area contributed by atoms with Crippen molar-refractivity contribution in [2.24, 2.45) is 0 Å². The molecule has 0 aliphatic heterocycles. The molecule has 0 atom stereocenters. The summed E-state index contributed by atoms with van der Waals surface area (Å²) in [5, 5.41) is 11.8. The van der Waals surface area contributed by atoms with E-state index in [2.05, 4.69) is 5.32 Å². The third-order valence-corrected chi connectivity index (χ3v) is 3.03. The summed E-state index contributed by atoms with van der Waals surface area (Å²) in [6.45, 7) is 2.31. The van der Waals surface area contributed by atoms with E-state index in [9.17, 15) is 9.59 Å². The van der Waals surface area contributed by atoms with Gasteiger partial charge in [-0.3, -0.25) is 4.90 Å². The van der Waals surface area contributed by atoms with Crippen LogP contribution in [-0.2, 0) is 0 Å². The van der Waals surface area contributed by atoms with Crippen LogP contribution in [0.4, 0.5) is 16.2 Å². The number of rotatable bonds is 4. The lowest BCUT2D eigenvalue weighted by Gasteiger charge is -2.23. The minimum atomic E-state index is -1.04. The van der Waals surface area contributed by atoms with Gasteiger partial charge in [0.15, 0.2) is 0 Å². The summed E-state index contributed by atoms with van der Waals surface area (Å²) in [6, 6.07) is 4.45. The lowest BCUT2D eigenvalue weighted by Crippen LogP contribution is -2.41. The van der Waals surface area contributed by atoms with Crippen molar-refractivity contribution < 1.29 is 14.7 Å². The van der Waals surface area contributed by atoms with Crippen LogP contribution < -0.4 is 16.0 Å². The highest BCUT2D eigenvalue weighted by Crippen LogP contribution is 2.26. The first-order chi connectivity index (χ1) is 9.02. The number of carboxylic acid groups (broad SMARTS) is 1. The standard InChI is InChI=1S/C13H17N3O3/c1-2-16(13(19)15-9-4-5-9)11-6-3-8(12(17)18)7-10(11)14/h3,6-7,9H,2,4-5,14H2,1H3,(H,15,19)(H,17,18). The molecule has 1 fully saturated rings. The van der Waals surface area contributed by atoms with Gasteiger partial charge >= 0.3 is 12.0 Å². The van der Waals surface area contributed by atoms with Gasteiger partial charge in [0.05, 0.1) is 16.9 Å². The lowest BCUT2D eigenvalue weighted by atomic mass is 10.1. The molecule has 0 radical (unpaired) electrons. The van der Waals surface area contributed by atoms with Crippen molar-refractivity contribution in [2.75, 3.05) is 17.2 Å². The Labute approximate surface area is 111 Å². The molecule has 19 heavy (non-hydrogen) atoms. The van der Waals surface area contributed by atoms with Gasteiger partial charge in [0.25, 0.3) is 0 Å². The largest absolute Gasteiger partial charge is 0.478 e. The van der Waals surface area contributed by atoms with Crippen molar-refractivity contribution in [2.45, 2.75) is 25.8 Å². The second-order valence-corrected chi connectivity index (χ2v) is 4.55. The van der Waals surface area contributed by atoms with E-state index in [0.29, 0.717) is 12.2 Å². The van der Waals surface area contributed by atoms with Gasteiger partial charge in [-0.15, -0.1) is 0 Å². The highest BCUT2D eigenvalue weighted by atomic mass is 16.4. The summed E-state index contributed by atoms with van der Waals surface area (Å²) in [4.78, 5) is 24.4. The highest BCUT2D eigenvalue weighted by molar-refractivity contribution is 5.97. The average Bonchev–Trinajstić information content (AvgIpc) is 3.15. The molecule has 2 amide bonds. The molecule has 1 aromatic rings. The van der Waals surface area contributed by atoms with Crippen LogP contribution in [0.3, 0.4) is 0 Å². The molecule has 2 rings (SSSR count). The quantitative estimate of drug-likeness (QED) is 0.720. The van der Waals surface area contributed by atoms with Crippen molar-refractivity contribution in [1.29, 1.82) is 0 Å². The zero-order valence-electron chi connectivity index (χ0n) is 10.7. The van der Waals surface area contributed by atoms with Gasteiger partial charge in [0.2, 0.25) is 0 Å². The molecule has 0 unspecified atom stereocenters. The first-order valence-corrected chi connectivity index (χ1v) is 6.23. The maximum Gasteiger partial charge on any atom is 0.335 e. The molecule has 1 aromatic carbocycles. The number of nitrogens with zero attached hydrogens (tertiary/aromatic N) is 1. The number of nitrogens with one attached hydrogen (secondary N) is 1. The predicted octanol–water partition coefficient (Wildman–Crippen LogP) is 1.67. The zero-order valence-corrected chi connectivity index (χ0v) is 10.7. The number of hydrogen-bond donors (Lipinski definition) is 3. The summed E-state index contributed by atoms with van der Waals surface area (Å²) in [5.74, 6) is -1.04. The number of carbonyl (C=O) groups is 2. The van der Waals surface area contributed by atoms with E-state index < -0.39 is 5.97 Å². The lowest BCUT2D eigenvalue weighted by molar-refractivity contribution is 0.0697. The number of urea groups is 1. The molecule has 6 heteroatoms. The Morgan fingerprint density at radius 3 is 2.63 bits per heavy atom. The molecule has 6 nitrogen and oxygen atoms in total. The summed E-state index contributed by atoms with van der Waals surface area (Å²) in [5.41, 5.74) is 6.76. The molecular formula is C13H17N3O3. The Morgan fingerprint density at radius 2 is 2.16 bits per heavy atom. The van der Waals surface area contributed by atoms with Crippen LogP contribution in [0.25, 0.3) is 0 Å². The van der Waals surface area contributed by atoms with Gasteiger partial charge in [0, 0.05) is 12.6 Å². The zero-order chi connectivity index (χ0) is 14.0. The number of carbonyl (C=O) groups excluding carboxylic acids is 1. The van der Waals surface area contributed by atoms with Crippen LogP contribution in [0.5, 0.6) is 0 Å². The van der Waals surface area contributed by atoms with Gasteiger partial charge in [-0.05, 0) is 38.0 Å². The fourth-order valence-corrected chi connectivity index (χ4v) is 1.84. The maximum atomic E-state index is 12.0. The van der Waals surface area contributed by atoms with E-state index in [4.69, 9.17) is 10.8 Å². The minimum absolute atomic E-state index is 0.111. The summed E-state index contributed by atoms with van der Waals surface area (Å²) in [7, 11) is 0. The molecule has 0 heterocycles. The van der Waals surface area contributed by atoms with Crippen molar-refractivity contribution in [3.63, 3.8) is 0 Å². The number of benzene rings is 1. The number of nitrogens with two attached hydrogens (primary N) is 1. The van der Waals surface area contributed by atoms with Crippen LogP contribution in [0.15, 0.2) is 18.2 Å². The first-order valence-electron chi connectivity index (χ1n) is 6.23. The average molecular weight is 263 g/mol. The van der Waals surface area contributed by atoms with Crippen LogP contribution in [0.2, 0.25) is 0 Å². The van der Waals surface area contributed by atoms with Gasteiger partial charge in [0.1, 0.15) is 0 Å². The van der Waals surface area contributed by atoms with E-state index in [1.165, 1.54) is 17.0 Å². The third kappa shape index (κ3) is 2.96. The van der Waals surface area contributed by atoms with Crippen LogP contribution in [0.1, 0.15) is 30.1 Å². The molecular weight excluding hydrogens is 246 g/mol. The van der Waals surface area contributed by atoms with Crippen molar-refractivity contribution >= 4 is 23.4 Å². The summed E-state index contributed by atoms with van der Waals surface area (Å²) >= 11 is 0. The van der Waals surface area contributed by atoms with Crippen LogP contribution >= 0.6 is 0 Å². The highest BCUT2D eigenvalue weighted by Gasteiger charge is 2.26. The van der Waals surface area contributed by atoms with E-state index in [0.717, 1.165) is 12.8 Å². The number of carboxylic acids is 1. The fraction of sp³-hybridized carbons (Fsp3) is 0.385. The van der Waals surface area contributed by atoms with Crippen LogP contribution in [-0.4, -0.2) is 29.7 Å². The van der Waals surface area contributed by atoms with Gasteiger partial charge in [-0.2, -0.15) is 0 Å². The minimum Gasteiger partial charge on any atom is -0.478 e. The first kappa shape index (κ1) is 13.2. The SMILES string of the molecule is CCN(C(=O)NC1CC1)c1ccc(C(=O)O)cc1N. The van der Waals surface area contributed by atoms with Crippen molar-refractivity contribution in [3.05, 3.63) is 23.8 Å². The van der Waals surface area contributed by atoms with E-state index in [1.54, 1.807) is 6.07 Å². The molecule has 0 saturated heterocycles. The van der Waals surface area contributed by atoms with Crippen LogP contribution in [0, 0.1) is 0 Å². The number of anilines is 2. The Morgan fingerprint density at radius 1 is 1.47 bits per heavy atom. The van der Waals surface area contributed by atoms with Gasteiger partial charge in [-0.25, -0.2) is 9.59 Å². The molecule has 1 aliphatic carbocycles. The number of hydrogen-bond acceptors (Lipinski definition) is 3. The van der Waals surface area contributed by atoms with Crippen molar-refractivity contribution in [3.8, 4) is 0 Å². The molecule has 1 aliphatic rings. The Balaban J connectivity index is 2.21. The molecule has 0 spiro atoms. The normalized spacial score (nSPS) is 13.9. The number of amides is 2. The molecule has 1 saturated carbocycles. The molecule has 0 bridgehead atoms. The second kappa shape index (κ2) is 5.17. The fourth-order valence-electron chi connectivity index (χ4n) is 1.84. The Bertz CT molecular complexity index is 512. The second-order valence-electron chi connectivity index (χ2n) is 4.55. The molecule has 4 N–H and O–H groups in total. The summed E-state index contributed by atoms with van der Waals surface area (Å²) < 4.78 is 0. The van der Waals surface area contributed by atoms with Gasteiger partial charge < -0.3 is 16.2 Å². The Kier molecular flexibility index (Phi) is 3.59. The molecule has 102 valence electrons. The monoisotopic (exact) mass is 263 g/mol. The van der Waals surface area contributed by atoms with Crippen molar-refractivity contribution in [1.82, 2.24) is 5.32 Å². The smallest absolute Gasteiger partial charge is 0.335 e. The topological polar surface area (TPSA) is 95.7 Å². The summed E-state index contributed by atoms with van der Waals surface area (Å²) in [6.07, 6.45) is 2.02. The third-order valence-electron chi connectivity index (χ3n) is 3.03. The van der Waals surface area contributed by atoms with E-state index >= 15 is 0 Å². The van der Waals surface area contributed by atoms with E-state index in [-0.39, 0.29) is 23.3 Å². The maximum absolute atomic E-state index is 12.0. The number of aromatic carboxylic acids is 1.